The van der Waals surface area contributed by atoms with Crippen molar-refractivity contribution >= 4 is 17.2 Å². The van der Waals surface area contributed by atoms with Crippen molar-refractivity contribution in [2.24, 2.45) is 0 Å². The van der Waals surface area contributed by atoms with E-state index < -0.39 is 41.5 Å². The first-order chi connectivity index (χ1) is 7.31. The zero-order valence-corrected chi connectivity index (χ0v) is 8.41. The Bertz CT molecular complexity index is 311. The summed E-state index contributed by atoms with van der Waals surface area (Å²) in [6.45, 7) is 0. The molecule has 0 aromatic carbocycles. The number of hydrogen-bond donors (Lipinski definition) is 3. The molecule has 102 valence electrons. The van der Waals surface area contributed by atoms with Crippen molar-refractivity contribution in [1.82, 2.24) is 4.72 Å². The summed E-state index contributed by atoms with van der Waals surface area (Å²) in [6.07, 6.45) is -14.8. The van der Waals surface area contributed by atoms with Gasteiger partial charge in [0.25, 0.3) is 16.9 Å². The Hall–Kier alpha value is -0.880. The lowest BCUT2D eigenvalue weighted by molar-refractivity contribution is -0.367. The number of alkyl halides is 6. The lowest BCUT2D eigenvalue weighted by Gasteiger charge is -2.31. The molecule has 0 saturated carbocycles. The van der Waals surface area contributed by atoms with Crippen molar-refractivity contribution < 1.29 is 45.0 Å². The lowest BCUT2D eigenvalue weighted by atomic mass is 9.98. The SMILES string of the molecule is O=C(CC(O)(C(F)(F)F)C(F)(F)F)NS(=O)O. The Kier molecular flexibility index (Phi) is 4.53. The van der Waals surface area contributed by atoms with Crippen LogP contribution >= 0.6 is 0 Å². The number of carbonyl (C=O) groups excluding carboxylic acids is 1. The largest absolute Gasteiger partial charge is 0.426 e. The summed E-state index contributed by atoms with van der Waals surface area (Å²) in [5.41, 5.74) is -5.27. The van der Waals surface area contributed by atoms with Gasteiger partial charge in [-0.3, -0.25) is 14.1 Å². The zero-order valence-electron chi connectivity index (χ0n) is 7.59. The van der Waals surface area contributed by atoms with Crippen LogP contribution in [0.5, 0.6) is 0 Å². The van der Waals surface area contributed by atoms with Crippen molar-refractivity contribution in [2.75, 3.05) is 0 Å². The van der Waals surface area contributed by atoms with Gasteiger partial charge >= 0.3 is 12.4 Å². The van der Waals surface area contributed by atoms with Gasteiger partial charge in [-0.2, -0.15) is 26.3 Å². The number of aliphatic hydroxyl groups is 1. The van der Waals surface area contributed by atoms with E-state index in [1.807, 2.05) is 0 Å². The van der Waals surface area contributed by atoms with Crippen LogP contribution in [0.4, 0.5) is 26.3 Å². The second-order valence-electron chi connectivity index (χ2n) is 2.81. The molecule has 0 bridgehead atoms. The minimum Gasteiger partial charge on any atom is -0.373 e. The molecule has 17 heavy (non-hydrogen) atoms. The molecule has 12 heteroatoms. The molecule has 0 aromatic rings. The average molecular weight is 289 g/mol. The van der Waals surface area contributed by atoms with E-state index in [1.165, 1.54) is 0 Å². The normalized spacial score (nSPS) is 15.5. The van der Waals surface area contributed by atoms with Crippen LogP contribution < -0.4 is 4.72 Å². The van der Waals surface area contributed by atoms with Crippen LogP contribution in [0.1, 0.15) is 6.42 Å². The second-order valence-corrected chi connectivity index (χ2v) is 3.51. The van der Waals surface area contributed by atoms with Crippen LogP contribution in [0, 0.1) is 0 Å². The zero-order chi connectivity index (χ0) is 14.1. The molecule has 1 unspecified atom stereocenters. The highest BCUT2D eigenvalue weighted by atomic mass is 32.2. The van der Waals surface area contributed by atoms with Crippen LogP contribution in [0.2, 0.25) is 0 Å². The molecular weight excluding hydrogens is 284 g/mol. The third-order valence-corrected chi connectivity index (χ3v) is 1.96. The third kappa shape index (κ3) is 3.81. The van der Waals surface area contributed by atoms with Crippen molar-refractivity contribution in [3.8, 4) is 0 Å². The van der Waals surface area contributed by atoms with E-state index >= 15 is 0 Å². The minimum atomic E-state index is -6.15. The van der Waals surface area contributed by atoms with Gasteiger partial charge in [0, 0.05) is 0 Å². The van der Waals surface area contributed by atoms with Crippen molar-refractivity contribution in [3.63, 3.8) is 0 Å². The Labute approximate surface area is 92.2 Å². The predicted octanol–water partition coefficient (Wildman–Crippen LogP) is 0.485. The predicted molar refractivity (Wildman–Crippen MR) is 40.6 cm³/mol. The second kappa shape index (κ2) is 4.78. The van der Waals surface area contributed by atoms with E-state index in [-0.39, 0.29) is 0 Å². The third-order valence-electron chi connectivity index (χ3n) is 1.56. The van der Waals surface area contributed by atoms with Crippen molar-refractivity contribution in [2.45, 2.75) is 24.4 Å². The van der Waals surface area contributed by atoms with Gasteiger partial charge in [-0.15, -0.1) is 0 Å². The summed E-state index contributed by atoms with van der Waals surface area (Å²) in [5.74, 6) is -2.08. The highest BCUT2D eigenvalue weighted by Gasteiger charge is 2.71. The fourth-order valence-electron chi connectivity index (χ4n) is 0.727. The Morgan fingerprint density at radius 1 is 1.12 bits per heavy atom. The van der Waals surface area contributed by atoms with Gasteiger partial charge in [0.05, 0.1) is 6.42 Å². The summed E-state index contributed by atoms with van der Waals surface area (Å²) >= 11 is -3.13. The molecule has 0 aliphatic heterocycles. The highest BCUT2D eigenvalue weighted by molar-refractivity contribution is 7.77. The van der Waals surface area contributed by atoms with Gasteiger partial charge in [0.2, 0.25) is 5.91 Å². The number of nitrogens with one attached hydrogen (secondary N) is 1. The number of amides is 1. The van der Waals surface area contributed by atoms with Crippen LogP contribution in [-0.4, -0.2) is 37.7 Å². The van der Waals surface area contributed by atoms with Crippen molar-refractivity contribution in [3.05, 3.63) is 0 Å². The molecule has 0 rings (SSSR count). The molecule has 0 heterocycles. The smallest absolute Gasteiger partial charge is 0.373 e. The fourth-order valence-corrected chi connectivity index (χ4v) is 0.994. The van der Waals surface area contributed by atoms with Crippen LogP contribution in [-0.2, 0) is 16.1 Å². The van der Waals surface area contributed by atoms with E-state index in [0.29, 0.717) is 0 Å². The molecule has 1 atom stereocenters. The molecule has 0 aromatic heterocycles. The fraction of sp³-hybridized carbons (Fsp3) is 0.800. The summed E-state index contributed by atoms with van der Waals surface area (Å²) in [4.78, 5) is 10.5. The maximum absolute atomic E-state index is 12.0. The first-order valence-corrected chi connectivity index (χ1v) is 4.68. The van der Waals surface area contributed by atoms with Gasteiger partial charge in [0.1, 0.15) is 0 Å². The standard InChI is InChI=1S/C5H5F6NO4S/c6-4(7,8)3(14,5(9,10)11)1-2(13)12-17(15)16/h14H,1H2,(H,12,13)(H,15,16). The molecule has 0 fully saturated rings. The monoisotopic (exact) mass is 289 g/mol. The van der Waals surface area contributed by atoms with E-state index in [2.05, 4.69) is 0 Å². The lowest BCUT2D eigenvalue weighted by Crippen LogP contribution is -2.58. The van der Waals surface area contributed by atoms with E-state index in [1.54, 1.807) is 0 Å². The molecule has 0 aliphatic rings. The molecule has 0 aliphatic carbocycles. The quantitative estimate of drug-likeness (QED) is 0.521. The van der Waals surface area contributed by atoms with Crippen LogP contribution in [0.15, 0.2) is 0 Å². The first-order valence-electron chi connectivity index (χ1n) is 3.57. The molecule has 5 nitrogen and oxygen atoms in total. The molecule has 0 radical (unpaired) electrons. The molecule has 0 spiro atoms. The van der Waals surface area contributed by atoms with Gasteiger partial charge in [0.15, 0.2) is 0 Å². The topological polar surface area (TPSA) is 86.6 Å². The molecular formula is C5H5F6NO4S. The Morgan fingerprint density at radius 2 is 1.47 bits per heavy atom. The maximum atomic E-state index is 12.0. The van der Waals surface area contributed by atoms with Gasteiger partial charge in [-0.1, -0.05) is 0 Å². The Balaban J connectivity index is 5.12. The molecule has 1 amide bonds. The van der Waals surface area contributed by atoms with E-state index in [0.717, 1.165) is 4.72 Å². The number of carbonyl (C=O) groups is 1. The summed E-state index contributed by atoms with van der Waals surface area (Å²) < 4.78 is 90.9. The Morgan fingerprint density at radius 3 is 1.71 bits per heavy atom. The highest BCUT2D eigenvalue weighted by Crippen LogP contribution is 2.45. The minimum absolute atomic E-state index is 0.871. The molecule has 0 saturated heterocycles. The average Bonchev–Trinajstić information content (AvgIpc) is 1.97. The van der Waals surface area contributed by atoms with Gasteiger partial charge in [-0.05, 0) is 0 Å². The maximum Gasteiger partial charge on any atom is 0.426 e. The van der Waals surface area contributed by atoms with Crippen molar-refractivity contribution in [1.29, 1.82) is 0 Å². The first kappa shape index (κ1) is 16.1. The van der Waals surface area contributed by atoms with Gasteiger partial charge in [-0.25, -0.2) is 4.21 Å². The van der Waals surface area contributed by atoms with Crippen LogP contribution in [0.3, 0.4) is 0 Å². The van der Waals surface area contributed by atoms with Gasteiger partial charge < -0.3 is 5.11 Å². The number of rotatable bonds is 3. The van der Waals surface area contributed by atoms with E-state index in [4.69, 9.17) is 9.66 Å². The van der Waals surface area contributed by atoms with Crippen LogP contribution in [0.25, 0.3) is 0 Å². The summed E-state index contributed by atoms with van der Waals surface area (Å²) in [7, 11) is 0. The number of halogens is 6. The number of hydrogen-bond acceptors (Lipinski definition) is 3. The van der Waals surface area contributed by atoms with E-state index in [9.17, 15) is 35.3 Å². The molecule has 3 N–H and O–H groups in total. The summed E-state index contributed by atoms with van der Waals surface area (Å²) in [5, 5.41) is 8.48. The summed E-state index contributed by atoms with van der Waals surface area (Å²) in [6, 6.07) is 0.